The van der Waals surface area contributed by atoms with Crippen LogP contribution in [0.2, 0.25) is 0 Å². The highest BCUT2D eigenvalue weighted by atomic mass is 32.1. The lowest BCUT2D eigenvalue weighted by molar-refractivity contribution is 0.420. The number of nitrogens with zero attached hydrogens (tertiary/aromatic N) is 2. The highest BCUT2D eigenvalue weighted by molar-refractivity contribution is 7.19. The molecule has 4 unspecified atom stereocenters. The first-order valence-corrected chi connectivity index (χ1v) is 21.8. The molecular formula is C56H44N2S. The van der Waals surface area contributed by atoms with Crippen LogP contribution in [0.5, 0.6) is 0 Å². The molecule has 3 aliphatic rings. The van der Waals surface area contributed by atoms with Crippen molar-refractivity contribution in [3.8, 4) is 27.9 Å². The van der Waals surface area contributed by atoms with E-state index >= 15 is 0 Å². The number of benzene rings is 7. The van der Waals surface area contributed by atoms with Gasteiger partial charge >= 0.3 is 0 Å². The highest BCUT2D eigenvalue weighted by Crippen LogP contribution is 2.67. The van der Waals surface area contributed by atoms with E-state index in [0.717, 1.165) is 5.69 Å². The number of thiophene rings is 1. The lowest BCUT2D eigenvalue weighted by atomic mass is 9.54. The van der Waals surface area contributed by atoms with Crippen LogP contribution in [-0.2, 0) is 11.0 Å². The normalized spacial score (nSPS) is 21.9. The molecule has 3 heteroatoms. The van der Waals surface area contributed by atoms with Gasteiger partial charge in [0.1, 0.15) is 0 Å². The third-order valence-corrected chi connectivity index (χ3v) is 15.4. The predicted molar refractivity (Wildman–Crippen MR) is 251 cm³/mol. The van der Waals surface area contributed by atoms with Gasteiger partial charge < -0.3 is 9.47 Å². The second-order valence-corrected chi connectivity index (χ2v) is 18.2. The maximum atomic E-state index is 2.72. The number of aromatic nitrogens is 1. The molecule has 0 amide bonds. The molecule has 59 heavy (non-hydrogen) atoms. The summed E-state index contributed by atoms with van der Waals surface area (Å²) in [5, 5.41) is 3.93. The van der Waals surface area contributed by atoms with Crippen molar-refractivity contribution in [2.75, 3.05) is 4.90 Å². The first kappa shape index (κ1) is 34.6. The Balaban J connectivity index is 1.14. The van der Waals surface area contributed by atoms with Crippen LogP contribution in [0.15, 0.2) is 193 Å². The molecule has 0 radical (unpaired) electrons. The predicted octanol–water partition coefficient (Wildman–Crippen LogP) is 15.3. The van der Waals surface area contributed by atoms with Gasteiger partial charge in [-0.15, -0.1) is 11.3 Å². The number of para-hydroxylation sites is 2. The summed E-state index contributed by atoms with van der Waals surface area (Å²) < 4.78 is 3.86. The summed E-state index contributed by atoms with van der Waals surface area (Å²) in [5.41, 5.74) is 16.3. The number of allylic oxidation sites excluding steroid dienone is 3. The van der Waals surface area contributed by atoms with E-state index < -0.39 is 5.54 Å². The standard InChI is InChI=1S/C56H44N2S/c1-35-32-33-55(3)45-22-12-13-23-46(45)58(56(4)53(55)50(35)36(2)51-44-20-11-14-25-49(44)59-54(51)56)41-30-31-43-48(34-41)57(40-18-9-6-10-19-40)47-24-15-21-42(52(43)47)39-28-26-38(27-29-39)37-16-7-5-8-17-37/h5-36H,1-4H3. The first-order chi connectivity index (χ1) is 28.9. The molecular weight excluding hydrogens is 733 g/mol. The molecule has 0 bridgehead atoms. The zero-order chi connectivity index (χ0) is 39.6. The van der Waals surface area contributed by atoms with Gasteiger partial charge in [0.25, 0.3) is 0 Å². The minimum Gasteiger partial charge on any atom is -0.326 e. The van der Waals surface area contributed by atoms with Crippen molar-refractivity contribution in [3.05, 3.63) is 209 Å². The highest BCUT2D eigenvalue weighted by Gasteiger charge is 2.58. The largest absolute Gasteiger partial charge is 0.326 e. The van der Waals surface area contributed by atoms with Gasteiger partial charge in [0, 0.05) is 48.7 Å². The Bertz CT molecular complexity index is 3220. The van der Waals surface area contributed by atoms with Crippen LogP contribution in [0, 0.1) is 5.92 Å². The average Bonchev–Trinajstić information content (AvgIpc) is 3.84. The molecule has 284 valence electrons. The van der Waals surface area contributed by atoms with Crippen LogP contribution >= 0.6 is 11.3 Å². The molecule has 7 aromatic carbocycles. The van der Waals surface area contributed by atoms with Crippen molar-refractivity contribution >= 4 is 54.6 Å². The van der Waals surface area contributed by atoms with E-state index in [1.54, 1.807) is 11.1 Å². The maximum absolute atomic E-state index is 2.72. The molecule has 2 aromatic heterocycles. The van der Waals surface area contributed by atoms with Crippen molar-refractivity contribution in [1.29, 1.82) is 0 Å². The summed E-state index contributed by atoms with van der Waals surface area (Å²) in [6.45, 7) is 9.90. The van der Waals surface area contributed by atoms with Crippen molar-refractivity contribution < 1.29 is 0 Å². The van der Waals surface area contributed by atoms with E-state index in [2.05, 4.69) is 219 Å². The minimum atomic E-state index is -0.425. The van der Waals surface area contributed by atoms with Gasteiger partial charge in [0.15, 0.2) is 0 Å². The first-order valence-electron chi connectivity index (χ1n) is 21.0. The lowest BCUT2D eigenvalue weighted by Crippen LogP contribution is -2.55. The second kappa shape index (κ2) is 12.5. The van der Waals surface area contributed by atoms with Crippen LogP contribution in [0.25, 0.3) is 59.8 Å². The molecule has 4 atom stereocenters. The molecule has 9 aromatic rings. The van der Waals surface area contributed by atoms with Crippen LogP contribution < -0.4 is 4.90 Å². The Kier molecular flexibility index (Phi) is 7.36. The molecule has 0 N–H and O–H groups in total. The van der Waals surface area contributed by atoms with Crippen molar-refractivity contribution in [2.45, 2.75) is 44.6 Å². The Morgan fingerprint density at radius 2 is 1.27 bits per heavy atom. The molecule has 1 aliphatic heterocycles. The number of hydrogen-bond donors (Lipinski definition) is 0. The van der Waals surface area contributed by atoms with Gasteiger partial charge in [-0.3, -0.25) is 0 Å². The average molecular weight is 777 g/mol. The fourth-order valence-corrected chi connectivity index (χ4v) is 13.0. The maximum Gasteiger partial charge on any atom is 0.0996 e. The van der Waals surface area contributed by atoms with Crippen molar-refractivity contribution in [1.82, 2.24) is 4.57 Å². The molecule has 0 spiro atoms. The van der Waals surface area contributed by atoms with Gasteiger partial charge in [-0.05, 0) is 107 Å². The Morgan fingerprint density at radius 3 is 2.08 bits per heavy atom. The zero-order valence-corrected chi connectivity index (χ0v) is 34.6. The number of rotatable bonds is 4. The fraction of sp³-hybridized carbons (Fsp3) is 0.143. The second-order valence-electron chi connectivity index (χ2n) is 17.2. The summed E-state index contributed by atoms with van der Waals surface area (Å²) in [6.07, 6.45) is 5.01. The summed E-state index contributed by atoms with van der Waals surface area (Å²) in [5.74, 6) is 0.661. The summed E-state index contributed by atoms with van der Waals surface area (Å²) in [6, 6.07) is 63.1. The van der Waals surface area contributed by atoms with Crippen molar-refractivity contribution in [3.63, 3.8) is 0 Å². The van der Waals surface area contributed by atoms with Gasteiger partial charge in [-0.2, -0.15) is 0 Å². The fourth-order valence-electron chi connectivity index (χ4n) is 11.5. The molecule has 0 saturated heterocycles. The zero-order valence-electron chi connectivity index (χ0n) is 33.8. The molecule has 2 nitrogen and oxygen atoms in total. The van der Waals surface area contributed by atoms with Crippen LogP contribution in [-0.4, -0.2) is 4.57 Å². The third kappa shape index (κ3) is 4.68. The quantitative estimate of drug-likeness (QED) is 0.162. The Hall–Kier alpha value is -6.42. The SMILES string of the molecule is CC1C=CC2(C)C3=C1C(C)c1c(sc4ccccc14)C3(C)N(c1ccc3c4c(-c5ccc(-c6ccccc6)cc5)cccc4n(-c4ccccc4)c3c1)c1ccccc12. The smallest absolute Gasteiger partial charge is 0.0996 e. The van der Waals surface area contributed by atoms with Gasteiger partial charge in [0.05, 0.1) is 16.6 Å². The van der Waals surface area contributed by atoms with E-state index in [4.69, 9.17) is 0 Å². The van der Waals surface area contributed by atoms with Crippen LogP contribution in [0.1, 0.15) is 49.6 Å². The number of hydrogen-bond acceptors (Lipinski definition) is 2. The molecule has 0 saturated carbocycles. The van der Waals surface area contributed by atoms with E-state index in [1.165, 1.54) is 81.5 Å². The summed E-state index contributed by atoms with van der Waals surface area (Å²) in [4.78, 5) is 4.19. The van der Waals surface area contributed by atoms with E-state index in [-0.39, 0.29) is 5.41 Å². The van der Waals surface area contributed by atoms with Crippen LogP contribution in [0.3, 0.4) is 0 Å². The van der Waals surface area contributed by atoms with Gasteiger partial charge in [0.2, 0.25) is 0 Å². The topological polar surface area (TPSA) is 8.17 Å². The molecule has 2 aliphatic carbocycles. The summed E-state index contributed by atoms with van der Waals surface area (Å²) >= 11 is 2.00. The van der Waals surface area contributed by atoms with Crippen molar-refractivity contribution in [2.24, 2.45) is 5.92 Å². The third-order valence-electron chi connectivity index (χ3n) is 14.0. The van der Waals surface area contributed by atoms with Crippen LogP contribution in [0.4, 0.5) is 11.4 Å². The Labute approximate surface area is 350 Å². The molecule has 0 fully saturated rings. The monoisotopic (exact) mass is 776 g/mol. The molecule has 12 rings (SSSR count). The van der Waals surface area contributed by atoms with E-state index in [0.29, 0.717) is 11.8 Å². The molecule has 3 heterocycles. The minimum absolute atomic E-state index is 0.236. The number of anilines is 2. The lowest BCUT2D eigenvalue weighted by Gasteiger charge is -2.59. The Morgan fingerprint density at radius 1 is 0.576 bits per heavy atom. The van der Waals surface area contributed by atoms with Gasteiger partial charge in [-0.1, -0.05) is 159 Å². The van der Waals surface area contributed by atoms with E-state index in [1.807, 2.05) is 11.3 Å². The number of fused-ring (bicyclic) bond motifs is 9. The van der Waals surface area contributed by atoms with Gasteiger partial charge in [-0.25, -0.2) is 0 Å². The van der Waals surface area contributed by atoms with E-state index in [9.17, 15) is 0 Å². The summed E-state index contributed by atoms with van der Waals surface area (Å²) in [7, 11) is 0.